The number of nitrogens with zero attached hydrogens (tertiary/aromatic N) is 1. The van der Waals surface area contributed by atoms with Crippen molar-refractivity contribution in [2.24, 2.45) is 0 Å². The van der Waals surface area contributed by atoms with Gasteiger partial charge >= 0.3 is 5.97 Å². The van der Waals surface area contributed by atoms with E-state index in [0.717, 1.165) is 16.5 Å². The second-order valence-corrected chi connectivity index (χ2v) is 4.00. The molecule has 0 atom stereocenters. The molecule has 2 heterocycles. The van der Waals surface area contributed by atoms with Crippen molar-refractivity contribution in [3.8, 4) is 10.8 Å². The summed E-state index contributed by atoms with van der Waals surface area (Å²) < 4.78 is 10.0. The van der Waals surface area contributed by atoms with Crippen LogP contribution in [-0.2, 0) is 9.53 Å². The lowest BCUT2D eigenvalue weighted by Crippen LogP contribution is -1.98. The summed E-state index contributed by atoms with van der Waals surface area (Å²) in [6.45, 7) is 2.14. The fourth-order valence-electron chi connectivity index (χ4n) is 1.22. The van der Waals surface area contributed by atoms with Gasteiger partial charge in [-0.3, -0.25) is 0 Å². The number of esters is 1. The number of hydrogen-bond acceptors (Lipinski definition) is 5. The fourth-order valence-corrected chi connectivity index (χ4v) is 1.97. The first kappa shape index (κ1) is 11.6. The molecule has 0 fully saturated rings. The zero-order valence-electron chi connectivity index (χ0n) is 9.25. The molecule has 2 aromatic rings. The predicted molar refractivity (Wildman–Crippen MR) is 65.5 cm³/mol. The Bertz CT molecular complexity index is 514. The highest BCUT2D eigenvalue weighted by Crippen LogP contribution is 2.24. The smallest absolute Gasteiger partial charge is 0.330 e. The minimum absolute atomic E-state index is 0.361. The van der Waals surface area contributed by atoms with E-state index in [-0.39, 0.29) is 5.97 Å². The zero-order valence-corrected chi connectivity index (χ0v) is 10.1. The van der Waals surface area contributed by atoms with Crippen molar-refractivity contribution >= 4 is 23.4 Å². The molecule has 0 aliphatic heterocycles. The minimum Gasteiger partial charge on any atom is -0.463 e. The van der Waals surface area contributed by atoms with Gasteiger partial charge in [0.25, 0.3) is 0 Å². The van der Waals surface area contributed by atoms with E-state index in [1.165, 1.54) is 17.4 Å². The van der Waals surface area contributed by atoms with Gasteiger partial charge < -0.3 is 9.15 Å². The second-order valence-electron chi connectivity index (χ2n) is 3.14. The maximum atomic E-state index is 11.1. The zero-order chi connectivity index (χ0) is 12.1. The normalized spacial score (nSPS) is 10.9. The Balaban J connectivity index is 2.06. The third kappa shape index (κ3) is 3.04. The van der Waals surface area contributed by atoms with Gasteiger partial charge in [0, 0.05) is 11.5 Å². The van der Waals surface area contributed by atoms with Crippen LogP contribution in [0, 0.1) is 0 Å². The molecule has 0 aliphatic rings. The van der Waals surface area contributed by atoms with Gasteiger partial charge in [-0.2, -0.15) is 0 Å². The minimum atomic E-state index is -0.361. The van der Waals surface area contributed by atoms with E-state index in [1.807, 2.05) is 17.5 Å². The molecule has 88 valence electrons. The van der Waals surface area contributed by atoms with Crippen molar-refractivity contribution in [2.45, 2.75) is 6.92 Å². The Morgan fingerprint density at radius 1 is 1.65 bits per heavy atom. The first-order valence-electron chi connectivity index (χ1n) is 5.14. The Labute approximate surface area is 103 Å². The van der Waals surface area contributed by atoms with E-state index in [2.05, 4.69) is 4.98 Å². The second kappa shape index (κ2) is 5.45. The summed E-state index contributed by atoms with van der Waals surface area (Å²) in [5.74, 6) is 0.367. The Morgan fingerprint density at radius 3 is 3.24 bits per heavy atom. The molecule has 0 aliphatic carbocycles. The lowest BCUT2D eigenvalue weighted by Gasteiger charge is -1.93. The van der Waals surface area contributed by atoms with Crippen LogP contribution in [0.2, 0.25) is 0 Å². The maximum Gasteiger partial charge on any atom is 0.330 e. The lowest BCUT2D eigenvalue weighted by atomic mass is 10.4. The number of hydrogen-bond donors (Lipinski definition) is 0. The van der Waals surface area contributed by atoms with Crippen molar-refractivity contribution in [3.05, 3.63) is 35.5 Å². The number of carbonyl (C=O) groups excluding carboxylic acids is 1. The van der Waals surface area contributed by atoms with Crippen molar-refractivity contribution in [1.29, 1.82) is 0 Å². The number of carbonyl (C=O) groups is 1. The van der Waals surface area contributed by atoms with Gasteiger partial charge in [0.2, 0.25) is 0 Å². The third-order valence-corrected chi connectivity index (χ3v) is 2.81. The molecule has 4 nitrogen and oxygen atoms in total. The molecule has 0 bridgehead atoms. The Morgan fingerprint density at radius 2 is 2.53 bits per heavy atom. The van der Waals surface area contributed by atoms with Crippen molar-refractivity contribution in [2.75, 3.05) is 6.61 Å². The molecule has 0 amide bonds. The van der Waals surface area contributed by atoms with Crippen LogP contribution >= 0.6 is 11.3 Å². The highest BCUT2D eigenvalue weighted by atomic mass is 32.1. The summed E-state index contributed by atoms with van der Waals surface area (Å²) >= 11 is 1.46. The summed E-state index contributed by atoms with van der Waals surface area (Å²) in [5, 5.41) is 2.65. The first-order chi connectivity index (χ1) is 8.29. The van der Waals surface area contributed by atoms with E-state index in [1.54, 1.807) is 19.3 Å². The van der Waals surface area contributed by atoms with Crippen LogP contribution in [0.15, 0.2) is 34.3 Å². The SMILES string of the molecule is CCOC(=O)/C=C\c1csc(-c2ccco2)n1. The van der Waals surface area contributed by atoms with Gasteiger partial charge in [-0.1, -0.05) is 0 Å². The molecule has 0 spiro atoms. The van der Waals surface area contributed by atoms with Gasteiger partial charge in [0.05, 0.1) is 18.6 Å². The molecule has 17 heavy (non-hydrogen) atoms. The number of furan rings is 1. The molecule has 0 unspecified atom stereocenters. The van der Waals surface area contributed by atoms with E-state index in [9.17, 15) is 4.79 Å². The summed E-state index contributed by atoms with van der Waals surface area (Å²) in [6.07, 6.45) is 4.59. The van der Waals surface area contributed by atoms with Crippen molar-refractivity contribution in [3.63, 3.8) is 0 Å². The maximum absolute atomic E-state index is 11.1. The van der Waals surface area contributed by atoms with Crippen LogP contribution in [-0.4, -0.2) is 17.6 Å². The van der Waals surface area contributed by atoms with E-state index < -0.39 is 0 Å². The van der Waals surface area contributed by atoms with Crippen molar-refractivity contribution < 1.29 is 13.9 Å². The first-order valence-corrected chi connectivity index (χ1v) is 6.02. The molecule has 0 saturated heterocycles. The van der Waals surface area contributed by atoms with Crippen LogP contribution < -0.4 is 0 Å². The van der Waals surface area contributed by atoms with E-state index in [0.29, 0.717) is 6.61 Å². The molecule has 0 aromatic carbocycles. The quantitative estimate of drug-likeness (QED) is 0.617. The highest BCUT2D eigenvalue weighted by molar-refractivity contribution is 7.13. The summed E-state index contributed by atoms with van der Waals surface area (Å²) in [4.78, 5) is 15.4. The molecule has 2 aromatic heterocycles. The van der Waals surface area contributed by atoms with Gasteiger partial charge in [0.15, 0.2) is 10.8 Å². The van der Waals surface area contributed by atoms with Crippen LogP contribution in [0.25, 0.3) is 16.8 Å². The topological polar surface area (TPSA) is 52.3 Å². The largest absolute Gasteiger partial charge is 0.463 e. The van der Waals surface area contributed by atoms with Crippen LogP contribution in [0.5, 0.6) is 0 Å². The summed E-state index contributed by atoms with van der Waals surface area (Å²) in [5.41, 5.74) is 0.717. The van der Waals surface area contributed by atoms with Crippen LogP contribution in [0.1, 0.15) is 12.6 Å². The fraction of sp³-hybridized carbons (Fsp3) is 0.167. The summed E-state index contributed by atoms with van der Waals surface area (Å²) in [7, 11) is 0. The number of ether oxygens (including phenoxy) is 1. The van der Waals surface area contributed by atoms with Crippen LogP contribution in [0.4, 0.5) is 0 Å². The van der Waals surface area contributed by atoms with E-state index in [4.69, 9.17) is 9.15 Å². The van der Waals surface area contributed by atoms with Crippen molar-refractivity contribution in [1.82, 2.24) is 4.98 Å². The molecular weight excluding hydrogens is 238 g/mol. The highest BCUT2D eigenvalue weighted by Gasteiger charge is 2.05. The molecular formula is C12H11NO3S. The lowest BCUT2D eigenvalue weighted by molar-refractivity contribution is -0.137. The van der Waals surface area contributed by atoms with E-state index >= 15 is 0 Å². The number of aromatic nitrogens is 1. The third-order valence-electron chi connectivity index (χ3n) is 1.93. The standard InChI is InChI=1S/C12H11NO3S/c1-2-15-11(14)6-5-9-8-17-12(13-9)10-4-3-7-16-10/h3-8H,2H2,1H3/b6-5-. The average Bonchev–Trinajstić information content (AvgIpc) is 2.97. The molecule has 0 saturated carbocycles. The van der Waals surface area contributed by atoms with Gasteiger partial charge in [0.1, 0.15) is 0 Å². The molecule has 0 N–H and O–H groups in total. The molecule has 2 rings (SSSR count). The number of thiazole rings is 1. The molecule has 5 heteroatoms. The summed E-state index contributed by atoms with van der Waals surface area (Å²) in [6, 6.07) is 3.66. The Kier molecular flexibility index (Phi) is 3.72. The Hall–Kier alpha value is -1.88. The van der Waals surface area contributed by atoms with Crippen LogP contribution in [0.3, 0.4) is 0 Å². The van der Waals surface area contributed by atoms with Gasteiger partial charge in [-0.25, -0.2) is 9.78 Å². The monoisotopic (exact) mass is 249 g/mol. The average molecular weight is 249 g/mol. The predicted octanol–water partition coefficient (Wildman–Crippen LogP) is 2.98. The van der Waals surface area contributed by atoms with Gasteiger partial charge in [-0.05, 0) is 25.1 Å². The van der Waals surface area contributed by atoms with Gasteiger partial charge in [-0.15, -0.1) is 11.3 Å². The number of rotatable bonds is 4. The molecule has 0 radical (unpaired) electrons.